The molecular formula is C54H69N13O5. The standard InChI is InChI=1S/C54H69N13O5/c1-54(2,3)48(52(72)66-32-41(68)25-46(66)51(71)56-27-33-9-11-35(12-10-33)44-19-22-59-63(44)4)60-50(70)36-13-15-38(16-14-36)64-23-20-34(21-24-64)37-28-57-53(58-29-37)67-39-17-18-40(67)31-65(30-39)45-26-43(61-62-49(45)55)42-7-5-6-8-47(42)69/h5-12,19,22,26,28-29,34,36,38-41,46,48,68-69H,13-18,20-21,23-25,27,30-32H2,1-4H3,(H2,55,62)(H,56,71)(H,60,70)/t36-,38+,39?,40?,41-,46+,48-/m1/s1. The summed E-state index contributed by atoms with van der Waals surface area (Å²) in [6.45, 7) is 9.57. The molecule has 0 radical (unpaired) electrons. The second-order valence-electron chi connectivity index (χ2n) is 21.8. The first-order valence-electron chi connectivity index (χ1n) is 25.8. The molecule has 3 amide bonds. The van der Waals surface area contributed by atoms with Crippen LogP contribution in [0.2, 0.25) is 0 Å². The molecule has 4 saturated heterocycles. The molecule has 5 atom stereocenters. The van der Waals surface area contributed by atoms with E-state index in [1.807, 2.05) is 88.7 Å². The normalized spacial score (nSPS) is 24.3. The highest BCUT2D eigenvalue weighted by atomic mass is 16.3. The predicted molar refractivity (Wildman–Crippen MR) is 274 cm³/mol. The number of anilines is 3. The minimum Gasteiger partial charge on any atom is -0.507 e. The van der Waals surface area contributed by atoms with E-state index in [1.165, 1.54) is 10.5 Å². The lowest BCUT2D eigenvalue weighted by Gasteiger charge is -2.42. The fourth-order valence-electron chi connectivity index (χ4n) is 12.0. The highest BCUT2D eigenvalue weighted by Crippen LogP contribution is 2.39. The van der Waals surface area contributed by atoms with E-state index in [9.17, 15) is 24.6 Å². The van der Waals surface area contributed by atoms with Gasteiger partial charge in [0.2, 0.25) is 23.7 Å². The Hall–Kier alpha value is -6.66. The summed E-state index contributed by atoms with van der Waals surface area (Å²) in [6.07, 6.45) is 12.6. The fraction of sp³-hybridized carbons (Fsp3) is 0.519. The van der Waals surface area contributed by atoms with E-state index in [2.05, 4.69) is 40.6 Å². The number of aliphatic hydroxyl groups is 1. The van der Waals surface area contributed by atoms with Gasteiger partial charge in [0.15, 0.2) is 5.82 Å². The number of aromatic nitrogens is 6. The summed E-state index contributed by atoms with van der Waals surface area (Å²) in [5.74, 6) is 0.692. The maximum atomic E-state index is 14.3. The van der Waals surface area contributed by atoms with Gasteiger partial charge in [-0.1, -0.05) is 57.2 Å². The summed E-state index contributed by atoms with van der Waals surface area (Å²) in [5, 5.41) is 40.1. The van der Waals surface area contributed by atoms with Gasteiger partial charge < -0.3 is 46.2 Å². The van der Waals surface area contributed by atoms with Crippen LogP contribution in [0, 0.1) is 11.3 Å². The van der Waals surface area contributed by atoms with Gasteiger partial charge in [0, 0.05) is 87.8 Å². The lowest BCUT2D eigenvalue weighted by atomic mass is 9.81. The second kappa shape index (κ2) is 20.5. The van der Waals surface area contributed by atoms with Gasteiger partial charge in [0.05, 0.1) is 23.2 Å². The third-order valence-corrected chi connectivity index (χ3v) is 16.1. The summed E-state index contributed by atoms with van der Waals surface area (Å²) >= 11 is 0. The zero-order chi connectivity index (χ0) is 50.3. The number of likely N-dealkylation sites (tertiary alicyclic amines) is 2. The Morgan fingerprint density at radius 3 is 2.17 bits per heavy atom. The van der Waals surface area contributed by atoms with E-state index in [1.54, 1.807) is 23.0 Å². The Kier molecular flexibility index (Phi) is 13.9. The average molecular weight is 980 g/mol. The van der Waals surface area contributed by atoms with Crippen molar-refractivity contribution in [1.29, 1.82) is 0 Å². The second-order valence-corrected chi connectivity index (χ2v) is 21.8. The number of nitrogens with two attached hydrogens (primary N) is 1. The molecule has 18 nitrogen and oxygen atoms in total. The Morgan fingerprint density at radius 1 is 0.833 bits per heavy atom. The third kappa shape index (κ3) is 10.2. The van der Waals surface area contributed by atoms with E-state index in [0.29, 0.717) is 29.0 Å². The molecule has 2 aromatic carbocycles. The number of fused-ring (bicyclic) bond motifs is 2. The van der Waals surface area contributed by atoms with Gasteiger partial charge in [-0.2, -0.15) is 5.10 Å². The molecule has 18 heteroatoms. The molecule has 5 fully saturated rings. The number of hydrogen-bond acceptors (Lipinski definition) is 14. The lowest BCUT2D eigenvalue weighted by molar-refractivity contribution is -0.144. The topological polar surface area (TPSA) is 224 Å². The van der Waals surface area contributed by atoms with Crippen molar-refractivity contribution in [2.24, 2.45) is 18.4 Å². The van der Waals surface area contributed by atoms with Crippen molar-refractivity contribution in [3.8, 4) is 28.3 Å². The van der Waals surface area contributed by atoms with Crippen molar-refractivity contribution in [2.45, 2.75) is 127 Å². The number of carbonyl (C=O) groups is 3. The number of amides is 3. The number of nitrogen functional groups attached to an aromatic ring is 1. The summed E-state index contributed by atoms with van der Waals surface area (Å²) in [4.78, 5) is 60.6. The number of β-amino-alcohol motifs (C(OH)–C–C–N with tert-alkyl or cyclic N) is 1. The molecule has 7 heterocycles. The van der Waals surface area contributed by atoms with Gasteiger partial charge in [0.1, 0.15) is 17.8 Å². The van der Waals surface area contributed by atoms with E-state index >= 15 is 0 Å². The minimum atomic E-state index is -0.859. The van der Waals surface area contributed by atoms with E-state index in [-0.39, 0.29) is 61.0 Å². The SMILES string of the molecule is Cn1nccc1-c1ccc(CNC(=O)[C@@H]2C[C@@H](O)CN2C(=O)[C@@H](NC(=O)[C@H]2CC[C@@H](N3CCC(c4cnc(N5C6CCC5CN(c5cc(-c7ccccc7O)nnc5N)C6)nc4)CC3)CC2)C(C)(C)C)cc1. The summed E-state index contributed by atoms with van der Waals surface area (Å²) < 4.78 is 1.80. The Balaban J connectivity index is 0.686. The molecule has 10 rings (SSSR count). The average Bonchev–Trinajstić information content (AvgIpc) is 4.08. The Bertz CT molecular complexity index is 2710. The highest BCUT2D eigenvalue weighted by molar-refractivity contribution is 5.93. The molecule has 380 valence electrons. The number of aromatic hydroxyl groups is 1. The van der Waals surface area contributed by atoms with Gasteiger partial charge in [-0.25, -0.2) is 9.97 Å². The van der Waals surface area contributed by atoms with Crippen LogP contribution in [0.4, 0.5) is 17.5 Å². The molecule has 72 heavy (non-hydrogen) atoms. The smallest absolute Gasteiger partial charge is 0.246 e. The summed E-state index contributed by atoms with van der Waals surface area (Å²) in [7, 11) is 1.89. The van der Waals surface area contributed by atoms with Gasteiger partial charge in [-0.05, 0) is 117 Å². The van der Waals surface area contributed by atoms with Gasteiger partial charge in [0.25, 0.3) is 0 Å². The van der Waals surface area contributed by atoms with Crippen molar-refractivity contribution in [3.63, 3.8) is 0 Å². The van der Waals surface area contributed by atoms with Crippen molar-refractivity contribution < 1.29 is 24.6 Å². The number of rotatable bonds is 12. The largest absolute Gasteiger partial charge is 0.507 e. The number of aryl methyl sites for hydroxylation is 1. The van der Waals surface area contributed by atoms with E-state index < -0.39 is 23.6 Å². The van der Waals surface area contributed by atoms with Gasteiger partial charge in [-0.15, -0.1) is 10.2 Å². The number of nitrogens with zero attached hydrogens (tertiary/aromatic N) is 10. The summed E-state index contributed by atoms with van der Waals surface area (Å²) in [6, 6.07) is 18.1. The van der Waals surface area contributed by atoms with Crippen molar-refractivity contribution in [3.05, 3.63) is 90.4 Å². The molecule has 3 aromatic heterocycles. The number of carbonyl (C=O) groups excluding carboxylic acids is 3. The zero-order valence-electron chi connectivity index (χ0n) is 41.9. The van der Waals surface area contributed by atoms with Crippen LogP contribution in [0.3, 0.4) is 0 Å². The predicted octanol–water partition coefficient (Wildman–Crippen LogP) is 5.03. The minimum absolute atomic E-state index is 0.0338. The van der Waals surface area contributed by atoms with E-state index in [0.717, 1.165) is 106 Å². The van der Waals surface area contributed by atoms with Crippen molar-refractivity contribution in [1.82, 2.24) is 50.4 Å². The number of piperidine rings is 1. The maximum Gasteiger partial charge on any atom is 0.246 e. The van der Waals surface area contributed by atoms with E-state index in [4.69, 9.17) is 15.7 Å². The molecule has 5 aliphatic rings. The van der Waals surface area contributed by atoms with Crippen LogP contribution in [0.25, 0.3) is 22.5 Å². The third-order valence-electron chi connectivity index (χ3n) is 16.1. The molecule has 1 aliphatic carbocycles. The molecule has 4 aliphatic heterocycles. The molecule has 1 saturated carbocycles. The van der Waals surface area contributed by atoms with Crippen LogP contribution in [-0.2, 0) is 28.0 Å². The number of benzene rings is 2. The van der Waals surface area contributed by atoms with Crippen LogP contribution < -0.4 is 26.2 Å². The number of nitrogens with one attached hydrogen (secondary N) is 2. The quantitative estimate of drug-likeness (QED) is 0.111. The zero-order valence-corrected chi connectivity index (χ0v) is 41.9. The molecule has 2 unspecified atom stereocenters. The molecule has 0 spiro atoms. The Morgan fingerprint density at radius 2 is 1.51 bits per heavy atom. The number of phenolic OH excluding ortho intramolecular Hbond substituents is 1. The maximum absolute atomic E-state index is 14.3. The molecular weight excluding hydrogens is 911 g/mol. The molecule has 5 aromatic rings. The van der Waals surface area contributed by atoms with Gasteiger partial charge >= 0.3 is 0 Å². The van der Waals surface area contributed by atoms with Crippen LogP contribution in [0.1, 0.15) is 95.6 Å². The van der Waals surface area contributed by atoms with Crippen LogP contribution in [0.5, 0.6) is 5.75 Å². The number of para-hydroxylation sites is 1. The van der Waals surface area contributed by atoms with Crippen LogP contribution in [-0.4, -0.2) is 137 Å². The van der Waals surface area contributed by atoms with Crippen molar-refractivity contribution >= 4 is 35.2 Å². The first kappa shape index (κ1) is 48.9. The van der Waals surface area contributed by atoms with Gasteiger partial charge in [-0.3, -0.25) is 19.1 Å². The monoisotopic (exact) mass is 980 g/mol. The lowest BCUT2D eigenvalue weighted by Crippen LogP contribution is -2.58. The molecule has 6 N–H and O–H groups in total. The van der Waals surface area contributed by atoms with Crippen molar-refractivity contribution in [2.75, 3.05) is 48.3 Å². The molecule has 2 bridgehead atoms. The van der Waals surface area contributed by atoms with Crippen LogP contribution >= 0.6 is 0 Å². The Labute approximate surface area is 421 Å². The number of hydrogen-bond donors (Lipinski definition) is 5. The van der Waals surface area contributed by atoms with Crippen LogP contribution in [0.15, 0.2) is 79.3 Å². The first-order valence-corrected chi connectivity index (χ1v) is 25.8. The number of aliphatic hydroxyl groups excluding tert-OH is 1. The highest BCUT2D eigenvalue weighted by Gasteiger charge is 2.46. The first-order chi connectivity index (χ1) is 34.7. The number of phenols is 1. The fourth-order valence-corrected chi connectivity index (χ4v) is 12.0. The summed E-state index contributed by atoms with van der Waals surface area (Å²) in [5.41, 5.74) is 11.9. The number of piperazine rings is 1.